The Labute approximate surface area is 111 Å². The Morgan fingerprint density at radius 1 is 1.28 bits per heavy atom. The third-order valence-electron chi connectivity index (χ3n) is 2.79. The van der Waals surface area contributed by atoms with E-state index in [-0.39, 0.29) is 5.75 Å². The lowest BCUT2D eigenvalue weighted by Gasteiger charge is -2.04. The normalized spacial score (nSPS) is 11.3. The van der Waals surface area contributed by atoms with E-state index < -0.39 is 5.82 Å². The number of aromatic amines is 1. The maximum absolute atomic E-state index is 13.7. The third-order valence-corrected chi connectivity index (χ3v) is 3.57. The average molecular weight is 285 g/mol. The fourth-order valence-corrected chi connectivity index (χ4v) is 2.40. The maximum Gasteiger partial charge on any atom is 0.165 e. The largest absolute Gasteiger partial charge is 0.493 e. The number of ether oxygens (including phenoxy) is 1. The van der Waals surface area contributed by atoms with Gasteiger partial charge in [0.2, 0.25) is 0 Å². The number of pyridine rings is 1. The van der Waals surface area contributed by atoms with Crippen LogP contribution in [0.3, 0.4) is 0 Å². The van der Waals surface area contributed by atoms with Crippen LogP contribution >= 0.6 is 23.2 Å². The summed E-state index contributed by atoms with van der Waals surface area (Å²) in [5.41, 5.74) is 1.24. The lowest BCUT2D eigenvalue weighted by molar-refractivity contribution is 0.392. The SMILES string of the molecule is COc1c(F)ccc2[nH]c3ncc(Cl)c(Cl)c3c12. The summed E-state index contributed by atoms with van der Waals surface area (Å²) < 4.78 is 18.8. The predicted octanol–water partition coefficient (Wildman–Crippen LogP) is 4.17. The monoisotopic (exact) mass is 284 g/mol. The van der Waals surface area contributed by atoms with Crippen LogP contribution in [0, 0.1) is 5.82 Å². The first-order valence-corrected chi connectivity index (χ1v) is 5.87. The van der Waals surface area contributed by atoms with E-state index in [1.165, 1.54) is 19.4 Å². The van der Waals surface area contributed by atoms with Gasteiger partial charge in [-0.25, -0.2) is 9.37 Å². The number of aromatic nitrogens is 2. The first kappa shape index (κ1) is 11.6. The van der Waals surface area contributed by atoms with E-state index in [4.69, 9.17) is 27.9 Å². The van der Waals surface area contributed by atoms with Gasteiger partial charge in [-0.05, 0) is 12.1 Å². The molecule has 92 valence electrons. The van der Waals surface area contributed by atoms with Crippen molar-refractivity contribution in [2.75, 3.05) is 7.11 Å². The van der Waals surface area contributed by atoms with Gasteiger partial charge in [-0.2, -0.15) is 0 Å². The highest BCUT2D eigenvalue weighted by Gasteiger charge is 2.17. The second-order valence-electron chi connectivity index (χ2n) is 3.77. The number of nitrogens with one attached hydrogen (secondary N) is 1. The van der Waals surface area contributed by atoms with E-state index in [9.17, 15) is 4.39 Å². The zero-order valence-corrected chi connectivity index (χ0v) is 10.7. The van der Waals surface area contributed by atoms with Crippen LogP contribution in [0.5, 0.6) is 5.75 Å². The topological polar surface area (TPSA) is 37.9 Å². The van der Waals surface area contributed by atoms with Gasteiger partial charge in [0.25, 0.3) is 0 Å². The summed E-state index contributed by atoms with van der Waals surface area (Å²) in [4.78, 5) is 7.18. The number of benzene rings is 1. The van der Waals surface area contributed by atoms with Crippen molar-refractivity contribution in [3.05, 3.63) is 34.2 Å². The number of nitrogens with zero attached hydrogens (tertiary/aromatic N) is 1. The van der Waals surface area contributed by atoms with E-state index >= 15 is 0 Å². The number of hydrogen-bond acceptors (Lipinski definition) is 2. The van der Waals surface area contributed by atoms with Crippen molar-refractivity contribution in [1.82, 2.24) is 9.97 Å². The van der Waals surface area contributed by atoms with Crippen LogP contribution in [-0.4, -0.2) is 17.1 Å². The zero-order valence-electron chi connectivity index (χ0n) is 9.22. The minimum absolute atomic E-state index is 0.129. The quantitative estimate of drug-likeness (QED) is 0.728. The minimum atomic E-state index is -0.457. The molecule has 0 aliphatic carbocycles. The molecule has 6 heteroatoms. The molecule has 0 spiro atoms. The molecule has 0 fully saturated rings. The van der Waals surface area contributed by atoms with E-state index in [1.807, 2.05) is 0 Å². The molecular weight excluding hydrogens is 278 g/mol. The Bertz CT molecular complexity index is 770. The van der Waals surface area contributed by atoms with Crippen molar-refractivity contribution in [2.45, 2.75) is 0 Å². The van der Waals surface area contributed by atoms with E-state index in [1.54, 1.807) is 6.07 Å². The molecule has 3 rings (SSSR count). The Balaban J connectivity index is 2.61. The first-order chi connectivity index (χ1) is 8.63. The summed E-state index contributed by atoms with van der Waals surface area (Å²) in [5, 5.41) is 1.76. The Kier molecular flexibility index (Phi) is 2.57. The highest BCUT2D eigenvalue weighted by Crippen LogP contribution is 2.39. The molecular formula is C12H7Cl2FN2O. The highest BCUT2D eigenvalue weighted by atomic mass is 35.5. The molecule has 0 saturated carbocycles. The molecule has 0 radical (unpaired) electrons. The summed E-state index contributed by atoms with van der Waals surface area (Å²) in [6.45, 7) is 0. The van der Waals surface area contributed by atoms with E-state index in [0.717, 1.165) is 0 Å². The molecule has 0 aliphatic rings. The van der Waals surface area contributed by atoms with Gasteiger partial charge in [-0.3, -0.25) is 0 Å². The summed E-state index contributed by atoms with van der Waals surface area (Å²) in [5.74, 6) is -0.327. The Morgan fingerprint density at radius 2 is 2.06 bits per heavy atom. The van der Waals surface area contributed by atoms with Crippen molar-refractivity contribution < 1.29 is 9.13 Å². The standard InChI is InChI=1S/C12H7Cl2FN2O/c1-18-11-6(15)2-3-7-8(11)9-10(14)5(13)4-16-12(9)17-7/h2-4H,1H3,(H,16,17). The van der Waals surface area contributed by atoms with Gasteiger partial charge in [0.1, 0.15) is 5.65 Å². The Hall–Kier alpha value is -1.52. The van der Waals surface area contributed by atoms with Gasteiger partial charge in [0.15, 0.2) is 11.6 Å². The minimum Gasteiger partial charge on any atom is -0.493 e. The maximum atomic E-state index is 13.7. The molecule has 0 aliphatic heterocycles. The van der Waals surface area contributed by atoms with Gasteiger partial charge in [-0.1, -0.05) is 23.2 Å². The third kappa shape index (κ3) is 1.46. The lowest BCUT2D eigenvalue weighted by atomic mass is 10.1. The zero-order chi connectivity index (χ0) is 12.9. The van der Waals surface area contributed by atoms with E-state index in [2.05, 4.69) is 9.97 Å². The summed E-state index contributed by atoms with van der Waals surface area (Å²) >= 11 is 12.1. The molecule has 1 aromatic carbocycles. The molecule has 1 N–H and O–H groups in total. The molecule has 3 aromatic rings. The van der Waals surface area contributed by atoms with Crippen molar-refractivity contribution in [3.63, 3.8) is 0 Å². The molecule has 0 saturated heterocycles. The predicted molar refractivity (Wildman–Crippen MR) is 70.1 cm³/mol. The molecule has 2 aromatic heterocycles. The average Bonchev–Trinajstić information content (AvgIpc) is 2.73. The van der Waals surface area contributed by atoms with Gasteiger partial charge in [0, 0.05) is 6.20 Å². The van der Waals surface area contributed by atoms with E-state index in [0.29, 0.717) is 32.0 Å². The lowest BCUT2D eigenvalue weighted by Crippen LogP contribution is -1.88. The van der Waals surface area contributed by atoms with Gasteiger partial charge in [-0.15, -0.1) is 0 Å². The number of methoxy groups -OCH3 is 1. The smallest absolute Gasteiger partial charge is 0.165 e. The molecule has 3 nitrogen and oxygen atoms in total. The molecule has 0 amide bonds. The number of rotatable bonds is 1. The molecule has 0 bridgehead atoms. The highest BCUT2D eigenvalue weighted by molar-refractivity contribution is 6.46. The van der Waals surface area contributed by atoms with Crippen molar-refractivity contribution in [2.24, 2.45) is 0 Å². The molecule has 0 atom stereocenters. The van der Waals surface area contributed by atoms with Gasteiger partial charge in [0.05, 0.1) is 33.4 Å². The van der Waals surface area contributed by atoms with Crippen molar-refractivity contribution in [1.29, 1.82) is 0 Å². The summed E-state index contributed by atoms with van der Waals surface area (Å²) in [7, 11) is 1.41. The van der Waals surface area contributed by atoms with Crippen LogP contribution in [-0.2, 0) is 0 Å². The Morgan fingerprint density at radius 3 is 2.78 bits per heavy atom. The van der Waals surface area contributed by atoms with Gasteiger partial charge >= 0.3 is 0 Å². The summed E-state index contributed by atoms with van der Waals surface area (Å²) in [6, 6.07) is 2.94. The van der Waals surface area contributed by atoms with Crippen LogP contribution in [0.1, 0.15) is 0 Å². The number of H-pyrrole nitrogens is 1. The van der Waals surface area contributed by atoms with Crippen LogP contribution in [0.4, 0.5) is 4.39 Å². The second kappa shape index (κ2) is 4.00. The van der Waals surface area contributed by atoms with Crippen molar-refractivity contribution >= 4 is 45.1 Å². The van der Waals surface area contributed by atoms with Crippen LogP contribution in [0.25, 0.3) is 21.9 Å². The van der Waals surface area contributed by atoms with Crippen LogP contribution in [0.15, 0.2) is 18.3 Å². The fourth-order valence-electron chi connectivity index (χ4n) is 2.03. The molecule has 0 unspecified atom stereocenters. The number of fused-ring (bicyclic) bond motifs is 3. The fraction of sp³-hybridized carbons (Fsp3) is 0.0833. The van der Waals surface area contributed by atoms with Crippen LogP contribution < -0.4 is 4.74 Å². The number of hydrogen-bond donors (Lipinski definition) is 1. The van der Waals surface area contributed by atoms with Gasteiger partial charge < -0.3 is 9.72 Å². The first-order valence-electron chi connectivity index (χ1n) is 5.11. The molecule has 18 heavy (non-hydrogen) atoms. The molecule has 2 heterocycles. The van der Waals surface area contributed by atoms with Crippen molar-refractivity contribution in [3.8, 4) is 5.75 Å². The van der Waals surface area contributed by atoms with Crippen LogP contribution in [0.2, 0.25) is 10.0 Å². The second-order valence-corrected chi connectivity index (χ2v) is 4.56. The number of halogens is 3. The summed E-state index contributed by atoms with van der Waals surface area (Å²) in [6.07, 6.45) is 1.45.